The van der Waals surface area contributed by atoms with Crippen LogP contribution in [0, 0.1) is 0 Å². The third kappa shape index (κ3) is 4.42. The number of benzene rings is 1. The fraction of sp³-hybridized carbons (Fsp3) is 0.333. The molecule has 0 radical (unpaired) electrons. The van der Waals surface area contributed by atoms with Crippen molar-refractivity contribution >= 4 is 24.7 Å². The van der Waals surface area contributed by atoms with Crippen molar-refractivity contribution in [2.75, 3.05) is 6.61 Å². The lowest BCUT2D eigenvalue weighted by Gasteiger charge is -2.12. The second kappa shape index (κ2) is 6.86. The highest BCUT2D eigenvalue weighted by atomic mass is 31.2. The number of alkyl halides is 3. The third-order valence-electron chi connectivity index (χ3n) is 2.10. The minimum atomic E-state index is -4.40. The van der Waals surface area contributed by atoms with Gasteiger partial charge in [-0.05, 0) is 25.1 Å². The molecular weight excluding hydrogens is 332 g/mol. The van der Waals surface area contributed by atoms with Gasteiger partial charge in [-0.2, -0.15) is 26.7 Å². The maximum Gasteiger partial charge on any atom is 0.416 e. The van der Waals surface area contributed by atoms with E-state index in [1.54, 1.807) is 0 Å². The molecule has 1 heterocycles. The van der Waals surface area contributed by atoms with Gasteiger partial charge < -0.3 is 9.05 Å². The quantitative estimate of drug-likeness (QED) is 0.665. The molecule has 2 unspecified atom stereocenters. The second-order valence-electron chi connectivity index (χ2n) is 3.53. The summed E-state index contributed by atoms with van der Waals surface area (Å²) < 4.78 is 60.7. The van der Waals surface area contributed by atoms with E-state index in [0.29, 0.717) is 15.1 Å². The Morgan fingerprint density at radius 2 is 2.10 bits per heavy atom. The average Bonchev–Trinajstić information content (AvgIpc) is 2.39. The van der Waals surface area contributed by atoms with Gasteiger partial charge in [-0.25, -0.2) is 0 Å². The SMILES string of the molecule is CCO[PH]1=NP=N[PH](Oc2cccc(C(F)(F)F)c2)=N1. The first-order valence-corrected chi connectivity index (χ1v) is 8.95. The largest absolute Gasteiger partial charge is 0.443 e. The van der Waals surface area contributed by atoms with Crippen LogP contribution in [0.4, 0.5) is 13.2 Å². The van der Waals surface area contributed by atoms with E-state index in [2.05, 4.69) is 13.5 Å². The minimum absolute atomic E-state index is 0.108. The summed E-state index contributed by atoms with van der Waals surface area (Å²) in [5.74, 6) is 0.108. The third-order valence-corrected chi connectivity index (χ3v) is 6.68. The minimum Gasteiger partial charge on any atom is -0.443 e. The molecule has 0 N–H and O–H groups in total. The van der Waals surface area contributed by atoms with Crippen LogP contribution in [0.3, 0.4) is 0 Å². The summed E-state index contributed by atoms with van der Waals surface area (Å²) in [6.07, 6.45) is -4.40. The number of rotatable bonds is 4. The highest BCUT2D eigenvalue weighted by Gasteiger charge is 2.30. The Bertz CT molecular complexity index is 589. The molecule has 0 fully saturated rings. The Morgan fingerprint density at radius 3 is 2.80 bits per heavy atom. The Balaban J connectivity index is 2.15. The Kier molecular flexibility index (Phi) is 5.39. The number of hydrogen-bond acceptors (Lipinski definition) is 5. The molecule has 1 aromatic rings. The Labute approximate surface area is 116 Å². The van der Waals surface area contributed by atoms with Crippen LogP contribution in [0.25, 0.3) is 0 Å². The molecule has 0 saturated heterocycles. The van der Waals surface area contributed by atoms with Crippen LogP contribution in [0.1, 0.15) is 12.5 Å². The average molecular weight is 343 g/mol. The van der Waals surface area contributed by atoms with Crippen LogP contribution < -0.4 is 4.52 Å². The topological polar surface area (TPSA) is 55.5 Å². The van der Waals surface area contributed by atoms with Gasteiger partial charge in [-0.15, -0.1) is 0 Å². The fourth-order valence-electron chi connectivity index (χ4n) is 1.30. The lowest BCUT2D eigenvalue weighted by molar-refractivity contribution is -0.137. The molecule has 5 nitrogen and oxygen atoms in total. The molecule has 110 valence electrons. The van der Waals surface area contributed by atoms with E-state index in [0.717, 1.165) is 12.1 Å². The molecule has 0 spiro atoms. The molecule has 0 aromatic heterocycles. The number of halogens is 3. The van der Waals surface area contributed by atoms with Gasteiger partial charge >= 0.3 is 6.18 Å². The van der Waals surface area contributed by atoms with Crippen LogP contribution in [0.15, 0.2) is 37.8 Å². The maximum atomic E-state index is 12.6. The van der Waals surface area contributed by atoms with E-state index in [1.165, 1.54) is 12.1 Å². The molecule has 20 heavy (non-hydrogen) atoms. The summed E-state index contributed by atoms with van der Waals surface area (Å²) in [5, 5.41) is 0. The summed E-state index contributed by atoms with van der Waals surface area (Å²) in [6.45, 7) is 2.31. The van der Waals surface area contributed by atoms with Gasteiger partial charge in [-0.1, -0.05) is 6.07 Å². The van der Waals surface area contributed by atoms with E-state index < -0.39 is 27.9 Å². The van der Waals surface area contributed by atoms with Gasteiger partial charge in [0.05, 0.1) is 12.2 Å². The first-order valence-electron chi connectivity index (χ1n) is 5.54. The van der Waals surface area contributed by atoms with Crippen LogP contribution in [-0.4, -0.2) is 6.61 Å². The molecule has 0 saturated carbocycles. The zero-order valence-corrected chi connectivity index (χ0v) is 13.2. The van der Waals surface area contributed by atoms with Crippen LogP contribution >= 0.6 is 24.7 Å². The van der Waals surface area contributed by atoms with E-state index in [-0.39, 0.29) is 5.75 Å². The predicted molar refractivity (Wildman–Crippen MR) is 74.5 cm³/mol. The molecule has 2 atom stereocenters. The molecule has 11 heteroatoms. The van der Waals surface area contributed by atoms with Crippen molar-refractivity contribution in [2.45, 2.75) is 13.1 Å². The molecule has 2 rings (SSSR count). The zero-order chi connectivity index (χ0) is 14.6. The van der Waals surface area contributed by atoms with Crippen LogP contribution in [0.5, 0.6) is 5.75 Å². The molecule has 1 aliphatic rings. The summed E-state index contributed by atoms with van der Waals surface area (Å²) in [4.78, 5) is 0. The summed E-state index contributed by atoms with van der Waals surface area (Å²) in [6, 6.07) is 4.68. The van der Waals surface area contributed by atoms with E-state index in [9.17, 15) is 13.2 Å². The summed E-state index contributed by atoms with van der Waals surface area (Å²) in [5.41, 5.74) is -0.758. The number of hydrogen-bond donors (Lipinski definition) is 0. The highest BCUT2D eigenvalue weighted by molar-refractivity contribution is 7.61. The smallest absolute Gasteiger partial charge is 0.416 e. The molecular formula is C9H11F3N3O2P3. The normalized spacial score (nSPS) is 22.8. The zero-order valence-electron chi connectivity index (χ0n) is 10.3. The first kappa shape index (κ1) is 15.7. The fourth-order valence-corrected chi connectivity index (χ4v) is 5.74. The Hall–Kier alpha value is -0.670. The van der Waals surface area contributed by atoms with E-state index in [4.69, 9.17) is 9.05 Å². The standard InChI is InChI=1S/C9H11F3N3O2P3/c1-2-16-19-13-18-14-20(15-19)17-8-5-3-4-7(6-8)9(10,11)12/h3-6,19-20H,2H2,1H3. The van der Waals surface area contributed by atoms with Gasteiger partial charge in [0.1, 0.15) is 5.75 Å². The summed E-state index contributed by atoms with van der Waals surface area (Å²) >= 11 is 0. The van der Waals surface area contributed by atoms with Gasteiger partial charge in [0.25, 0.3) is 0 Å². The molecule has 0 aliphatic carbocycles. The van der Waals surface area contributed by atoms with E-state index in [1.807, 2.05) is 6.92 Å². The second-order valence-corrected chi connectivity index (χ2v) is 7.82. The molecule has 0 amide bonds. The van der Waals surface area contributed by atoms with Crippen LogP contribution in [-0.2, 0) is 10.7 Å². The lowest BCUT2D eigenvalue weighted by Crippen LogP contribution is -2.04. The van der Waals surface area contributed by atoms with Gasteiger partial charge in [0, 0.05) is 0 Å². The van der Waals surface area contributed by atoms with Gasteiger partial charge in [-0.3, -0.25) is 0 Å². The summed E-state index contributed by atoms with van der Waals surface area (Å²) in [7, 11) is -3.13. The van der Waals surface area contributed by atoms with Crippen molar-refractivity contribution in [3.8, 4) is 5.75 Å². The number of nitrogens with zero attached hydrogens (tertiary/aromatic N) is 3. The molecule has 1 aliphatic heterocycles. The van der Waals surface area contributed by atoms with Crippen molar-refractivity contribution < 1.29 is 22.2 Å². The van der Waals surface area contributed by atoms with Crippen molar-refractivity contribution in [2.24, 2.45) is 13.5 Å². The van der Waals surface area contributed by atoms with Crippen molar-refractivity contribution in [1.29, 1.82) is 0 Å². The van der Waals surface area contributed by atoms with Gasteiger partial charge in [0.2, 0.25) is 8.09 Å². The van der Waals surface area contributed by atoms with Crippen molar-refractivity contribution in [3.63, 3.8) is 0 Å². The first-order chi connectivity index (χ1) is 9.49. The highest BCUT2D eigenvalue weighted by Crippen LogP contribution is 2.50. The monoisotopic (exact) mass is 343 g/mol. The lowest BCUT2D eigenvalue weighted by atomic mass is 10.2. The maximum absolute atomic E-state index is 12.6. The van der Waals surface area contributed by atoms with Crippen LogP contribution in [0.2, 0.25) is 0 Å². The molecule has 0 bridgehead atoms. The van der Waals surface area contributed by atoms with E-state index >= 15 is 0 Å². The Morgan fingerprint density at radius 1 is 1.30 bits per heavy atom. The van der Waals surface area contributed by atoms with Crippen molar-refractivity contribution in [1.82, 2.24) is 0 Å². The molecule has 1 aromatic carbocycles. The van der Waals surface area contributed by atoms with Crippen molar-refractivity contribution in [3.05, 3.63) is 29.8 Å². The van der Waals surface area contributed by atoms with Gasteiger partial charge in [0.15, 0.2) is 16.6 Å². The predicted octanol–water partition coefficient (Wildman–Crippen LogP) is 5.63.